The van der Waals surface area contributed by atoms with Crippen LogP contribution in [0.5, 0.6) is 34.5 Å². The van der Waals surface area contributed by atoms with E-state index in [1.807, 2.05) is 12.1 Å². The molecule has 9 unspecified atom stereocenters. The van der Waals surface area contributed by atoms with Crippen molar-refractivity contribution in [1.29, 1.82) is 0 Å². The van der Waals surface area contributed by atoms with E-state index >= 15 is 4.39 Å². The zero-order valence-corrected chi connectivity index (χ0v) is 50.9. The van der Waals surface area contributed by atoms with E-state index in [9.17, 15) is 0 Å². The molecule has 0 aromatic heterocycles. The molecule has 0 spiro atoms. The third-order valence-electron chi connectivity index (χ3n) is 19.2. The van der Waals surface area contributed by atoms with Crippen LogP contribution in [0.1, 0.15) is 39.0 Å². The average molecular weight is 1200 g/mol. The number of benzene rings is 12. The Morgan fingerprint density at radius 1 is 0.337 bits per heavy atom. The van der Waals surface area contributed by atoms with Gasteiger partial charge < -0.3 is 28.4 Å². The van der Waals surface area contributed by atoms with Gasteiger partial charge in [-0.25, -0.2) is 4.39 Å². The molecule has 3 saturated carbocycles. The number of rotatable bonds is 25. The Bertz CT molecular complexity index is 4540. The lowest BCUT2D eigenvalue weighted by atomic mass is 9.93. The molecule has 89 heavy (non-hydrogen) atoms. The van der Waals surface area contributed by atoms with E-state index < -0.39 is 6.17 Å². The Balaban J connectivity index is 0.627. The van der Waals surface area contributed by atoms with Crippen LogP contribution in [0.25, 0.3) is 86.9 Å². The number of ether oxygens (including phenoxy) is 6. The molecule has 0 bridgehead atoms. The third kappa shape index (κ3) is 12.5. The zero-order valence-electron chi connectivity index (χ0n) is 50.1. The Morgan fingerprint density at radius 3 is 1.10 bits per heavy atom. The summed E-state index contributed by atoms with van der Waals surface area (Å²) in [6.07, 6.45) is 4.23. The molecule has 8 heteroatoms. The second kappa shape index (κ2) is 25.0. The van der Waals surface area contributed by atoms with Crippen molar-refractivity contribution >= 4 is 76.2 Å². The monoisotopic (exact) mass is 1190 g/mol. The van der Waals surface area contributed by atoms with Crippen LogP contribution in [-0.2, 0) is 0 Å². The summed E-state index contributed by atoms with van der Waals surface area (Å²) in [5.74, 6) is 6.62. The van der Waals surface area contributed by atoms with Gasteiger partial charge in [0.25, 0.3) is 0 Å². The van der Waals surface area contributed by atoms with Gasteiger partial charge in [0.1, 0.15) is 40.7 Å². The van der Waals surface area contributed by atoms with Gasteiger partial charge in [-0.05, 0) is 197 Å². The molecule has 12 aromatic carbocycles. The minimum atomic E-state index is -0.877. The molecule has 0 radical (unpaired) electrons. The number of hydrogen-bond acceptors (Lipinski definition) is 6. The lowest BCUT2D eigenvalue weighted by molar-refractivity contribution is 0.152. The van der Waals surface area contributed by atoms with Crippen LogP contribution in [-0.4, -0.2) is 51.2 Å². The molecule has 3 aliphatic carbocycles. The fourth-order valence-corrected chi connectivity index (χ4v) is 14.3. The van der Waals surface area contributed by atoms with Crippen LogP contribution in [0.4, 0.5) is 4.39 Å². The molecule has 15 rings (SSSR count). The molecular formula is C81H72ClFO6. The maximum Gasteiger partial charge on any atom is 0.120 e. The van der Waals surface area contributed by atoms with Crippen molar-refractivity contribution in [2.75, 3.05) is 39.6 Å². The summed E-state index contributed by atoms with van der Waals surface area (Å²) in [6.45, 7) is 5.15. The third-order valence-corrected chi connectivity index (χ3v) is 19.7. The van der Waals surface area contributed by atoms with Gasteiger partial charge in [0, 0.05) is 29.0 Å². The highest BCUT2D eigenvalue weighted by Crippen LogP contribution is 2.49. The highest BCUT2D eigenvalue weighted by Gasteiger charge is 2.45. The Hall–Kier alpha value is -8.78. The van der Waals surface area contributed by atoms with Crippen molar-refractivity contribution in [2.45, 2.75) is 50.6 Å². The lowest BCUT2D eigenvalue weighted by Gasteiger charge is -2.21. The van der Waals surface area contributed by atoms with E-state index in [0.717, 1.165) is 112 Å². The van der Waals surface area contributed by atoms with Gasteiger partial charge in [-0.3, -0.25) is 0 Å². The van der Waals surface area contributed by atoms with E-state index in [4.69, 9.17) is 40.0 Å². The first-order chi connectivity index (χ1) is 43.8. The SMILES string of the molecule is CCCC1CC1C(COc1ccc2ccccc2c1)COc1cc(-c2cc(OCC(COc3ccc4c(-c5cccc6cc(OCC(COc7ccc8ccccc8c7)C7CC7Cl)ccc56)cccc4c3)C3CC3F)cc3ccccc23)c2ccccc2c1. The van der Waals surface area contributed by atoms with Gasteiger partial charge in [-0.2, -0.15) is 0 Å². The summed E-state index contributed by atoms with van der Waals surface area (Å²) in [4.78, 5) is 0. The number of hydrogen-bond donors (Lipinski definition) is 0. The fraction of sp³-hybridized carbons (Fsp3) is 0.259. The quantitative estimate of drug-likeness (QED) is 0.0532. The first kappa shape index (κ1) is 56.7. The minimum Gasteiger partial charge on any atom is -0.493 e. The lowest BCUT2D eigenvalue weighted by Crippen LogP contribution is -2.23. The van der Waals surface area contributed by atoms with Crippen LogP contribution in [0.15, 0.2) is 231 Å². The van der Waals surface area contributed by atoms with Crippen molar-refractivity contribution in [1.82, 2.24) is 0 Å². The van der Waals surface area contributed by atoms with Gasteiger partial charge in [-0.15, -0.1) is 11.6 Å². The summed E-state index contributed by atoms with van der Waals surface area (Å²) in [5.41, 5.74) is 4.40. The molecule has 6 nitrogen and oxygen atoms in total. The number of fused-ring (bicyclic) bond motifs is 6. The molecule has 12 aromatic rings. The highest BCUT2D eigenvalue weighted by molar-refractivity contribution is 6.22. The van der Waals surface area contributed by atoms with Crippen LogP contribution >= 0.6 is 11.6 Å². The van der Waals surface area contributed by atoms with E-state index in [0.29, 0.717) is 63.8 Å². The molecule has 9 atom stereocenters. The predicted molar refractivity (Wildman–Crippen MR) is 362 cm³/mol. The number of halogens is 2. The Labute approximate surface area is 525 Å². The minimum absolute atomic E-state index is 0.139. The first-order valence-electron chi connectivity index (χ1n) is 32.0. The van der Waals surface area contributed by atoms with E-state index in [1.165, 1.54) is 35.4 Å². The van der Waals surface area contributed by atoms with Crippen molar-refractivity contribution in [3.8, 4) is 56.8 Å². The maximum atomic E-state index is 15.2. The number of alkyl halides is 2. The van der Waals surface area contributed by atoms with Gasteiger partial charge in [-0.1, -0.05) is 177 Å². The normalized spacial score (nSPS) is 19.5. The van der Waals surface area contributed by atoms with E-state index in [-0.39, 0.29) is 29.0 Å². The summed E-state index contributed by atoms with van der Waals surface area (Å²) < 4.78 is 54.9. The van der Waals surface area contributed by atoms with Gasteiger partial charge in [0.15, 0.2) is 0 Å². The van der Waals surface area contributed by atoms with Crippen molar-refractivity contribution in [3.05, 3.63) is 231 Å². The molecule has 0 aliphatic heterocycles. The Morgan fingerprint density at radius 2 is 0.674 bits per heavy atom. The van der Waals surface area contributed by atoms with E-state index in [2.05, 4.69) is 225 Å². The highest BCUT2D eigenvalue weighted by atomic mass is 35.5. The summed E-state index contributed by atoms with van der Waals surface area (Å²) in [5, 5.41) is 13.7. The first-order valence-corrected chi connectivity index (χ1v) is 32.4. The van der Waals surface area contributed by atoms with Gasteiger partial charge >= 0.3 is 0 Å². The van der Waals surface area contributed by atoms with Crippen LogP contribution in [0.3, 0.4) is 0 Å². The largest absolute Gasteiger partial charge is 0.493 e. The maximum absolute atomic E-state index is 15.2. The fourth-order valence-electron chi connectivity index (χ4n) is 13.9. The average Bonchev–Trinajstić information content (AvgIpc) is 2.11. The molecule has 0 saturated heterocycles. The standard InChI is InChI=1S/C81H72ClFO6/c1-2-13-55-40-75(55)60(45-84-63-28-26-51-14-3-5-16-53(51)34-63)46-88-67-38-56-18-7-9-22-69(56)78(41-67)79-42-68(39-57-19-8-10-23-70(57)79)89-50-62(77-44-81(77)83)49-87-66-31-33-72-59(37-66)21-12-25-74(72)73-24-11-20-58-36-65(30-32-71(58)73)86-48-61(76-43-80(76)82)47-85-64-29-27-52-15-4-6-17-54(52)35-64/h3-12,14-39,41-42,55,60-62,75-77,80-81H,2,13,40,43-50H2,1H3. The summed E-state index contributed by atoms with van der Waals surface area (Å²) >= 11 is 6.62. The summed E-state index contributed by atoms with van der Waals surface area (Å²) in [6, 6.07) is 80.6. The Kier molecular flexibility index (Phi) is 15.9. The van der Waals surface area contributed by atoms with Crippen LogP contribution in [0.2, 0.25) is 0 Å². The molecular weight excluding hydrogens is 1120 g/mol. The molecule has 0 amide bonds. The molecule has 0 N–H and O–H groups in total. The second-order valence-electron chi connectivity index (χ2n) is 25.2. The van der Waals surface area contributed by atoms with Crippen LogP contribution in [0, 0.1) is 41.4 Å². The molecule has 3 fully saturated rings. The van der Waals surface area contributed by atoms with Crippen molar-refractivity contribution in [2.24, 2.45) is 41.4 Å². The summed E-state index contributed by atoms with van der Waals surface area (Å²) in [7, 11) is 0. The van der Waals surface area contributed by atoms with Crippen molar-refractivity contribution < 1.29 is 32.8 Å². The second-order valence-corrected chi connectivity index (χ2v) is 25.8. The van der Waals surface area contributed by atoms with Crippen LogP contribution < -0.4 is 28.4 Å². The topological polar surface area (TPSA) is 55.4 Å². The molecule has 0 heterocycles. The van der Waals surface area contributed by atoms with Gasteiger partial charge in [0.2, 0.25) is 0 Å². The molecule has 446 valence electrons. The smallest absolute Gasteiger partial charge is 0.120 e. The van der Waals surface area contributed by atoms with Crippen molar-refractivity contribution in [3.63, 3.8) is 0 Å². The predicted octanol–water partition coefficient (Wildman–Crippen LogP) is 20.6. The van der Waals surface area contributed by atoms with E-state index in [1.54, 1.807) is 0 Å². The van der Waals surface area contributed by atoms with Gasteiger partial charge in [0.05, 0.1) is 39.6 Å². The molecule has 3 aliphatic rings. The zero-order chi connectivity index (χ0) is 59.8.